The number of hydrogen-bond acceptors (Lipinski definition) is 2. The van der Waals surface area contributed by atoms with Crippen molar-refractivity contribution in [3.05, 3.63) is 31.3 Å². The Morgan fingerprint density at radius 3 is 3.00 bits per heavy atom. The van der Waals surface area contributed by atoms with Crippen LogP contribution in [0, 0.1) is 6.92 Å². The third-order valence-electron chi connectivity index (χ3n) is 1.03. The van der Waals surface area contributed by atoms with Gasteiger partial charge in [-0.15, -0.1) is 0 Å². The van der Waals surface area contributed by atoms with Gasteiger partial charge in [-0.05, 0) is 19.4 Å². The average molecular weight is 136 g/mol. The minimum atomic E-state index is 0.636. The second-order valence-corrected chi connectivity index (χ2v) is 1.87. The molecular formula is C8H10NO. The van der Waals surface area contributed by atoms with Crippen LogP contribution in [0.5, 0.6) is 5.88 Å². The molecule has 0 aliphatic rings. The third kappa shape index (κ3) is 2.05. The van der Waals surface area contributed by atoms with Crippen LogP contribution in [0.3, 0.4) is 0 Å². The van der Waals surface area contributed by atoms with E-state index in [4.69, 9.17) is 4.74 Å². The lowest BCUT2D eigenvalue weighted by Crippen LogP contribution is -1.95. The van der Waals surface area contributed by atoms with Crippen LogP contribution in [0.4, 0.5) is 0 Å². The molecule has 2 nitrogen and oxygen atoms in total. The Balaban J connectivity index is 2.43. The van der Waals surface area contributed by atoms with Gasteiger partial charge >= 0.3 is 0 Å². The number of pyridine rings is 1. The Bertz CT molecular complexity index is 174. The number of nitrogens with zero attached hydrogens (tertiary/aromatic N) is 1. The van der Waals surface area contributed by atoms with Crippen LogP contribution in [0.25, 0.3) is 0 Å². The normalized spacial score (nSPS) is 9.30. The van der Waals surface area contributed by atoms with E-state index in [9.17, 15) is 0 Å². The zero-order valence-corrected chi connectivity index (χ0v) is 5.79. The molecule has 1 aromatic heterocycles. The second-order valence-electron chi connectivity index (χ2n) is 1.87. The number of hydrogen-bond donors (Lipinski definition) is 0. The minimum Gasteiger partial charge on any atom is -0.478 e. The van der Waals surface area contributed by atoms with E-state index in [0.717, 1.165) is 6.42 Å². The van der Waals surface area contributed by atoms with Crippen molar-refractivity contribution in [3.63, 3.8) is 0 Å². The summed E-state index contributed by atoms with van der Waals surface area (Å²) >= 11 is 0. The maximum atomic E-state index is 5.18. The maximum Gasteiger partial charge on any atom is 0.213 e. The van der Waals surface area contributed by atoms with Gasteiger partial charge in [0.05, 0.1) is 6.61 Å². The molecule has 1 rings (SSSR count). The van der Waals surface area contributed by atoms with Crippen molar-refractivity contribution in [1.82, 2.24) is 4.98 Å². The van der Waals surface area contributed by atoms with Crippen molar-refractivity contribution in [2.45, 2.75) is 6.42 Å². The first-order valence-corrected chi connectivity index (χ1v) is 3.26. The molecule has 0 N–H and O–H groups in total. The van der Waals surface area contributed by atoms with Gasteiger partial charge in [0.15, 0.2) is 0 Å². The van der Waals surface area contributed by atoms with Crippen molar-refractivity contribution in [3.8, 4) is 5.88 Å². The van der Waals surface area contributed by atoms with E-state index in [2.05, 4.69) is 11.9 Å². The summed E-state index contributed by atoms with van der Waals surface area (Å²) in [7, 11) is 0. The standard InChI is InChI=1S/C8H10NO/c1-2-7-10-8-5-3-4-6-9-8/h3-6H,1-2,7H2. The summed E-state index contributed by atoms with van der Waals surface area (Å²) in [4.78, 5) is 3.97. The Labute approximate surface area is 60.9 Å². The van der Waals surface area contributed by atoms with Crippen LogP contribution < -0.4 is 4.74 Å². The summed E-state index contributed by atoms with van der Waals surface area (Å²) in [5.74, 6) is 0.672. The summed E-state index contributed by atoms with van der Waals surface area (Å²) in [6, 6.07) is 5.58. The molecule has 0 saturated heterocycles. The Morgan fingerprint density at radius 1 is 1.50 bits per heavy atom. The molecule has 0 aliphatic carbocycles. The molecule has 0 fully saturated rings. The van der Waals surface area contributed by atoms with E-state index in [-0.39, 0.29) is 0 Å². The van der Waals surface area contributed by atoms with Gasteiger partial charge in [-0.3, -0.25) is 0 Å². The van der Waals surface area contributed by atoms with Crippen LogP contribution in [-0.4, -0.2) is 11.6 Å². The zero-order chi connectivity index (χ0) is 7.23. The van der Waals surface area contributed by atoms with Crippen LogP contribution in [0.15, 0.2) is 24.4 Å². The molecule has 0 aromatic carbocycles. The molecule has 1 heterocycles. The molecule has 0 saturated carbocycles. The molecule has 53 valence electrons. The van der Waals surface area contributed by atoms with Gasteiger partial charge in [0.2, 0.25) is 5.88 Å². The van der Waals surface area contributed by atoms with E-state index in [0.29, 0.717) is 12.5 Å². The van der Waals surface area contributed by atoms with Crippen molar-refractivity contribution in [2.24, 2.45) is 0 Å². The molecule has 0 atom stereocenters. The lowest BCUT2D eigenvalue weighted by atomic mass is 10.5. The highest BCUT2D eigenvalue weighted by Crippen LogP contribution is 2.02. The minimum absolute atomic E-state index is 0.636. The van der Waals surface area contributed by atoms with Gasteiger partial charge in [-0.2, -0.15) is 0 Å². The molecule has 0 aliphatic heterocycles. The van der Waals surface area contributed by atoms with E-state index in [1.54, 1.807) is 6.20 Å². The fourth-order valence-corrected chi connectivity index (χ4v) is 0.609. The first kappa shape index (κ1) is 7.06. The molecule has 2 heteroatoms. The van der Waals surface area contributed by atoms with Crippen LogP contribution >= 0.6 is 0 Å². The summed E-state index contributed by atoms with van der Waals surface area (Å²) in [6.07, 6.45) is 2.48. The molecular weight excluding hydrogens is 126 g/mol. The second kappa shape index (κ2) is 3.88. The highest BCUT2D eigenvalue weighted by atomic mass is 16.5. The first-order valence-electron chi connectivity index (χ1n) is 3.26. The smallest absolute Gasteiger partial charge is 0.213 e. The molecule has 0 unspecified atom stereocenters. The molecule has 0 bridgehead atoms. The maximum absolute atomic E-state index is 5.18. The van der Waals surface area contributed by atoms with Gasteiger partial charge in [-0.1, -0.05) is 6.07 Å². The number of ether oxygens (including phenoxy) is 1. The van der Waals surface area contributed by atoms with Gasteiger partial charge in [0.1, 0.15) is 0 Å². The Morgan fingerprint density at radius 2 is 2.40 bits per heavy atom. The van der Waals surface area contributed by atoms with E-state index in [1.165, 1.54) is 0 Å². The average Bonchev–Trinajstić information content (AvgIpc) is 2.03. The summed E-state index contributed by atoms with van der Waals surface area (Å²) < 4.78 is 5.18. The van der Waals surface area contributed by atoms with E-state index < -0.39 is 0 Å². The van der Waals surface area contributed by atoms with E-state index in [1.807, 2.05) is 18.2 Å². The molecule has 1 radical (unpaired) electrons. The topological polar surface area (TPSA) is 22.1 Å². The molecule has 0 spiro atoms. The van der Waals surface area contributed by atoms with Crippen molar-refractivity contribution < 1.29 is 4.74 Å². The highest BCUT2D eigenvalue weighted by molar-refractivity contribution is 5.08. The van der Waals surface area contributed by atoms with Crippen LogP contribution in [-0.2, 0) is 0 Å². The summed E-state index contributed by atoms with van der Waals surface area (Å²) in [6.45, 7) is 4.28. The quantitative estimate of drug-likeness (QED) is 0.630. The predicted octanol–water partition coefficient (Wildman–Crippen LogP) is 1.68. The van der Waals surface area contributed by atoms with Crippen molar-refractivity contribution in [1.29, 1.82) is 0 Å². The largest absolute Gasteiger partial charge is 0.478 e. The Hall–Kier alpha value is -1.05. The van der Waals surface area contributed by atoms with Crippen LogP contribution in [0.2, 0.25) is 0 Å². The van der Waals surface area contributed by atoms with Gasteiger partial charge < -0.3 is 4.74 Å². The van der Waals surface area contributed by atoms with Gasteiger partial charge in [0.25, 0.3) is 0 Å². The summed E-state index contributed by atoms with van der Waals surface area (Å²) in [5.41, 5.74) is 0. The zero-order valence-electron chi connectivity index (χ0n) is 5.79. The predicted molar refractivity (Wildman–Crippen MR) is 39.7 cm³/mol. The fourth-order valence-electron chi connectivity index (χ4n) is 0.609. The van der Waals surface area contributed by atoms with Crippen LogP contribution in [0.1, 0.15) is 6.42 Å². The monoisotopic (exact) mass is 136 g/mol. The van der Waals surface area contributed by atoms with Gasteiger partial charge in [0, 0.05) is 12.3 Å². The molecule has 10 heavy (non-hydrogen) atoms. The Kier molecular flexibility index (Phi) is 2.74. The lowest BCUT2D eigenvalue weighted by Gasteiger charge is -2.00. The summed E-state index contributed by atoms with van der Waals surface area (Å²) in [5, 5.41) is 0. The number of aromatic nitrogens is 1. The fraction of sp³-hybridized carbons (Fsp3) is 0.250. The number of rotatable bonds is 3. The molecule has 1 aromatic rings. The SMILES string of the molecule is [CH2]CCOc1ccccn1. The lowest BCUT2D eigenvalue weighted by molar-refractivity contribution is 0.312. The first-order chi connectivity index (χ1) is 4.93. The highest BCUT2D eigenvalue weighted by Gasteiger charge is 1.88. The van der Waals surface area contributed by atoms with Crippen molar-refractivity contribution >= 4 is 0 Å². The van der Waals surface area contributed by atoms with E-state index >= 15 is 0 Å². The third-order valence-corrected chi connectivity index (χ3v) is 1.03. The molecule has 0 amide bonds. The van der Waals surface area contributed by atoms with Gasteiger partial charge in [-0.25, -0.2) is 4.98 Å². The van der Waals surface area contributed by atoms with Crippen molar-refractivity contribution in [2.75, 3.05) is 6.61 Å².